The summed E-state index contributed by atoms with van der Waals surface area (Å²) in [4.78, 5) is 12.9. The summed E-state index contributed by atoms with van der Waals surface area (Å²) in [7, 11) is 0. The van der Waals surface area contributed by atoms with Crippen LogP contribution in [0, 0.1) is 5.92 Å². The average Bonchev–Trinajstić information content (AvgIpc) is 2.91. The van der Waals surface area contributed by atoms with Crippen LogP contribution in [-0.4, -0.2) is 48.3 Å². The molecule has 2 rings (SSSR count). The number of carboxylic acids is 1. The van der Waals surface area contributed by atoms with Gasteiger partial charge in [-0.1, -0.05) is 0 Å². The van der Waals surface area contributed by atoms with E-state index in [1.807, 2.05) is 0 Å². The van der Waals surface area contributed by atoms with Crippen molar-refractivity contribution in [3.63, 3.8) is 0 Å². The first-order valence-electron chi connectivity index (χ1n) is 5.30. The number of rotatable bonds is 4. The van der Waals surface area contributed by atoms with E-state index in [4.69, 9.17) is 9.84 Å². The molecule has 4 nitrogen and oxygen atoms in total. The van der Waals surface area contributed by atoms with Crippen LogP contribution < -0.4 is 0 Å². The van der Waals surface area contributed by atoms with Crippen molar-refractivity contribution in [3.8, 4) is 0 Å². The lowest BCUT2D eigenvalue weighted by Crippen LogP contribution is -2.36. The van der Waals surface area contributed by atoms with Gasteiger partial charge in [-0.3, -0.25) is 4.79 Å². The summed E-state index contributed by atoms with van der Waals surface area (Å²) in [5, 5.41) is 8.65. The zero-order chi connectivity index (χ0) is 9.97. The van der Waals surface area contributed by atoms with E-state index in [1.165, 1.54) is 0 Å². The largest absolute Gasteiger partial charge is 0.481 e. The van der Waals surface area contributed by atoms with Gasteiger partial charge >= 0.3 is 5.97 Å². The number of hydrogen-bond donors (Lipinski definition) is 1. The molecule has 0 bridgehead atoms. The summed E-state index contributed by atoms with van der Waals surface area (Å²) in [6.07, 6.45) is 2.86. The standard InChI is InChI=1S/C10H17NO3/c12-10(13)5-8-1-3-11(4-2-8)6-9-7-14-9/h8-9H,1-7H2,(H,12,13). The van der Waals surface area contributed by atoms with Crippen molar-refractivity contribution >= 4 is 5.97 Å². The molecule has 2 saturated heterocycles. The van der Waals surface area contributed by atoms with E-state index in [2.05, 4.69) is 4.90 Å². The smallest absolute Gasteiger partial charge is 0.303 e. The Balaban J connectivity index is 1.66. The fourth-order valence-electron chi connectivity index (χ4n) is 2.08. The molecule has 0 spiro atoms. The zero-order valence-electron chi connectivity index (χ0n) is 8.32. The first-order valence-corrected chi connectivity index (χ1v) is 5.30. The molecule has 2 heterocycles. The summed E-state index contributed by atoms with van der Waals surface area (Å²) < 4.78 is 5.17. The van der Waals surface area contributed by atoms with E-state index < -0.39 is 5.97 Å². The number of piperidine rings is 1. The Hall–Kier alpha value is -0.610. The van der Waals surface area contributed by atoms with Gasteiger partial charge in [-0.2, -0.15) is 0 Å². The Morgan fingerprint density at radius 2 is 2.07 bits per heavy atom. The quantitative estimate of drug-likeness (QED) is 0.673. The summed E-state index contributed by atoms with van der Waals surface area (Å²) in [5.74, 6) is -0.266. The van der Waals surface area contributed by atoms with Gasteiger partial charge in [-0.15, -0.1) is 0 Å². The number of epoxide rings is 1. The molecule has 0 radical (unpaired) electrons. The lowest BCUT2D eigenvalue weighted by molar-refractivity contribution is -0.138. The lowest BCUT2D eigenvalue weighted by Gasteiger charge is -2.30. The highest BCUT2D eigenvalue weighted by Gasteiger charge is 2.28. The summed E-state index contributed by atoms with van der Waals surface area (Å²) in [5.41, 5.74) is 0. The normalized spacial score (nSPS) is 29.0. The Morgan fingerprint density at radius 1 is 1.43 bits per heavy atom. The van der Waals surface area contributed by atoms with Crippen molar-refractivity contribution in [2.75, 3.05) is 26.2 Å². The molecule has 1 atom stereocenters. The zero-order valence-corrected chi connectivity index (χ0v) is 8.32. The first-order chi connectivity index (χ1) is 6.74. The third-order valence-corrected chi connectivity index (χ3v) is 3.03. The van der Waals surface area contributed by atoms with Crippen molar-refractivity contribution in [2.45, 2.75) is 25.4 Å². The third kappa shape index (κ3) is 2.96. The molecular formula is C10H17NO3. The Morgan fingerprint density at radius 3 is 2.57 bits per heavy atom. The van der Waals surface area contributed by atoms with Crippen LogP contribution in [-0.2, 0) is 9.53 Å². The predicted molar refractivity (Wildman–Crippen MR) is 51.2 cm³/mol. The highest BCUT2D eigenvalue weighted by Crippen LogP contribution is 2.22. The molecule has 2 aliphatic rings. The van der Waals surface area contributed by atoms with E-state index in [9.17, 15) is 4.79 Å². The molecule has 0 aromatic rings. The molecule has 1 unspecified atom stereocenters. The highest BCUT2D eigenvalue weighted by molar-refractivity contribution is 5.67. The number of likely N-dealkylation sites (tertiary alicyclic amines) is 1. The van der Waals surface area contributed by atoms with E-state index in [1.54, 1.807) is 0 Å². The van der Waals surface area contributed by atoms with Crippen LogP contribution in [0.1, 0.15) is 19.3 Å². The number of hydrogen-bond acceptors (Lipinski definition) is 3. The summed E-state index contributed by atoms with van der Waals surface area (Å²) in [6, 6.07) is 0. The van der Waals surface area contributed by atoms with Crippen LogP contribution in [0.3, 0.4) is 0 Å². The SMILES string of the molecule is O=C(O)CC1CCN(CC2CO2)CC1. The molecule has 0 saturated carbocycles. The Kier molecular flexibility index (Phi) is 3.03. The van der Waals surface area contributed by atoms with Gasteiger partial charge in [-0.25, -0.2) is 0 Å². The fourth-order valence-corrected chi connectivity index (χ4v) is 2.08. The number of ether oxygens (including phenoxy) is 1. The number of carboxylic acid groups (broad SMARTS) is 1. The minimum Gasteiger partial charge on any atom is -0.481 e. The Labute approximate surface area is 83.8 Å². The van der Waals surface area contributed by atoms with Crippen LogP contribution in [0.2, 0.25) is 0 Å². The predicted octanol–water partition coefficient (Wildman–Crippen LogP) is 0.572. The van der Waals surface area contributed by atoms with Crippen molar-refractivity contribution < 1.29 is 14.6 Å². The number of nitrogens with zero attached hydrogens (tertiary/aromatic N) is 1. The molecule has 2 aliphatic heterocycles. The van der Waals surface area contributed by atoms with E-state index in [0.29, 0.717) is 18.4 Å². The van der Waals surface area contributed by atoms with Crippen molar-refractivity contribution in [3.05, 3.63) is 0 Å². The lowest BCUT2D eigenvalue weighted by atomic mass is 9.93. The first kappa shape index (κ1) is 9.93. The number of carbonyl (C=O) groups is 1. The summed E-state index contributed by atoms with van der Waals surface area (Å²) >= 11 is 0. The molecule has 0 aromatic heterocycles. The number of aliphatic carboxylic acids is 1. The maximum Gasteiger partial charge on any atom is 0.303 e. The van der Waals surface area contributed by atoms with Crippen LogP contribution in [0.4, 0.5) is 0 Å². The Bertz CT molecular complexity index is 207. The molecule has 2 fully saturated rings. The minimum absolute atomic E-state index is 0.341. The molecule has 0 amide bonds. The topological polar surface area (TPSA) is 53.1 Å². The van der Waals surface area contributed by atoms with Crippen molar-refractivity contribution in [1.29, 1.82) is 0 Å². The van der Waals surface area contributed by atoms with Crippen LogP contribution >= 0.6 is 0 Å². The molecule has 14 heavy (non-hydrogen) atoms. The van der Waals surface area contributed by atoms with Crippen molar-refractivity contribution in [1.82, 2.24) is 4.90 Å². The highest BCUT2D eigenvalue weighted by atomic mass is 16.6. The monoisotopic (exact) mass is 199 g/mol. The van der Waals surface area contributed by atoms with E-state index in [0.717, 1.165) is 39.1 Å². The van der Waals surface area contributed by atoms with Gasteiger partial charge in [0.1, 0.15) is 0 Å². The molecule has 0 aromatic carbocycles. The van der Waals surface area contributed by atoms with E-state index in [-0.39, 0.29) is 0 Å². The maximum absolute atomic E-state index is 10.5. The fraction of sp³-hybridized carbons (Fsp3) is 0.900. The molecule has 4 heteroatoms. The second-order valence-corrected chi connectivity index (χ2v) is 4.30. The van der Waals surface area contributed by atoms with Gasteiger partial charge in [0.15, 0.2) is 0 Å². The molecule has 1 N–H and O–H groups in total. The second-order valence-electron chi connectivity index (χ2n) is 4.30. The third-order valence-electron chi connectivity index (χ3n) is 3.03. The molecule has 80 valence electrons. The van der Waals surface area contributed by atoms with Crippen LogP contribution in [0.25, 0.3) is 0 Å². The van der Waals surface area contributed by atoms with E-state index >= 15 is 0 Å². The minimum atomic E-state index is -0.658. The summed E-state index contributed by atoms with van der Waals surface area (Å²) in [6.45, 7) is 4.03. The second kappa shape index (κ2) is 4.28. The van der Waals surface area contributed by atoms with Crippen molar-refractivity contribution in [2.24, 2.45) is 5.92 Å². The van der Waals surface area contributed by atoms with Crippen LogP contribution in [0.5, 0.6) is 0 Å². The van der Waals surface area contributed by atoms with Gasteiger partial charge in [0.2, 0.25) is 0 Å². The van der Waals surface area contributed by atoms with Gasteiger partial charge in [-0.05, 0) is 31.8 Å². The maximum atomic E-state index is 10.5. The molecule has 0 aliphatic carbocycles. The van der Waals surface area contributed by atoms with Gasteiger partial charge in [0.05, 0.1) is 12.7 Å². The average molecular weight is 199 g/mol. The van der Waals surface area contributed by atoms with Crippen LogP contribution in [0.15, 0.2) is 0 Å². The van der Waals surface area contributed by atoms with Gasteiger partial charge in [0, 0.05) is 13.0 Å². The molecular weight excluding hydrogens is 182 g/mol. The van der Waals surface area contributed by atoms with Gasteiger partial charge in [0.25, 0.3) is 0 Å². The van der Waals surface area contributed by atoms with Gasteiger partial charge < -0.3 is 14.7 Å².